The first-order valence-electron chi connectivity index (χ1n) is 9.24. The van der Waals surface area contributed by atoms with Gasteiger partial charge in [-0.2, -0.15) is 11.8 Å². The van der Waals surface area contributed by atoms with Crippen molar-refractivity contribution in [2.75, 3.05) is 57.3 Å². The van der Waals surface area contributed by atoms with Crippen molar-refractivity contribution < 1.29 is 5.11 Å². The maximum absolute atomic E-state index is 10.5. The third-order valence-corrected chi connectivity index (χ3v) is 6.48. The van der Waals surface area contributed by atoms with Crippen LogP contribution in [0.1, 0.15) is 32.6 Å². The van der Waals surface area contributed by atoms with Crippen LogP contribution in [-0.2, 0) is 0 Å². The van der Waals surface area contributed by atoms with Crippen molar-refractivity contribution in [1.82, 2.24) is 15.1 Å². The second-order valence-electron chi connectivity index (χ2n) is 7.31. The fourth-order valence-electron chi connectivity index (χ4n) is 3.87. The predicted octanol–water partition coefficient (Wildman–Crippen LogP) is 1.24. The van der Waals surface area contributed by atoms with E-state index in [2.05, 4.69) is 22.0 Å². The van der Waals surface area contributed by atoms with Crippen molar-refractivity contribution in [1.29, 1.82) is 0 Å². The van der Waals surface area contributed by atoms with E-state index in [9.17, 15) is 5.11 Å². The van der Waals surface area contributed by atoms with E-state index in [1.807, 2.05) is 11.8 Å². The summed E-state index contributed by atoms with van der Waals surface area (Å²) in [6.07, 6.45) is 4.88. The number of rotatable bonds is 5. The van der Waals surface area contributed by atoms with Crippen molar-refractivity contribution >= 4 is 17.7 Å². The maximum Gasteiger partial charge on any atom is 0.194 e. The second-order valence-corrected chi connectivity index (χ2v) is 8.41. The Kier molecular flexibility index (Phi) is 6.10. The molecule has 6 heteroatoms. The van der Waals surface area contributed by atoms with Crippen LogP contribution in [0.3, 0.4) is 0 Å². The van der Waals surface area contributed by atoms with Crippen LogP contribution in [0.4, 0.5) is 0 Å². The molecule has 2 N–H and O–H groups in total. The highest BCUT2D eigenvalue weighted by molar-refractivity contribution is 7.99. The lowest BCUT2D eigenvalue weighted by Gasteiger charge is -2.25. The summed E-state index contributed by atoms with van der Waals surface area (Å²) in [5.41, 5.74) is -0.583. The third kappa shape index (κ3) is 4.77. The average Bonchev–Trinajstić information content (AvgIpc) is 3.27. The van der Waals surface area contributed by atoms with Crippen LogP contribution >= 0.6 is 11.8 Å². The van der Waals surface area contributed by atoms with E-state index in [-0.39, 0.29) is 0 Å². The minimum Gasteiger partial charge on any atom is -0.387 e. The maximum atomic E-state index is 10.5. The van der Waals surface area contributed by atoms with Gasteiger partial charge in [0.05, 0.1) is 12.1 Å². The van der Waals surface area contributed by atoms with E-state index in [4.69, 9.17) is 4.99 Å². The molecule has 0 bridgehead atoms. The van der Waals surface area contributed by atoms with Crippen LogP contribution in [0.15, 0.2) is 4.99 Å². The fraction of sp³-hybridized carbons (Fsp3) is 0.941. The Balaban J connectivity index is 1.53. The normalized spacial score (nSPS) is 32.9. The topological polar surface area (TPSA) is 51.1 Å². The van der Waals surface area contributed by atoms with E-state index in [0.29, 0.717) is 6.54 Å². The van der Waals surface area contributed by atoms with Gasteiger partial charge < -0.3 is 20.2 Å². The molecule has 5 nitrogen and oxygen atoms in total. The monoisotopic (exact) mass is 340 g/mol. The number of hydrogen-bond acceptors (Lipinski definition) is 4. The molecule has 0 aliphatic carbocycles. The molecule has 3 aliphatic heterocycles. The Bertz CT molecular complexity index is 405. The van der Waals surface area contributed by atoms with Gasteiger partial charge in [0.2, 0.25) is 0 Å². The van der Waals surface area contributed by atoms with E-state index < -0.39 is 5.60 Å². The van der Waals surface area contributed by atoms with Gasteiger partial charge in [0.25, 0.3) is 0 Å². The van der Waals surface area contributed by atoms with Crippen molar-refractivity contribution in [3.63, 3.8) is 0 Å². The Hall–Kier alpha value is -0.460. The summed E-state index contributed by atoms with van der Waals surface area (Å²) in [4.78, 5) is 9.79. The summed E-state index contributed by atoms with van der Waals surface area (Å²) in [6.45, 7) is 9.57. The largest absolute Gasteiger partial charge is 0.387 e. The molecule has 2 unspecified atom stereocenters. The summed E-state index contributed by atoms with van der Waals surface area (Å²) in [6, 6.07) is 0. The third-order valence-electron chi connectivity index (χ3n) is 5.24. The first-order chi connectivity index (χ1) is 11.2. The molecule has 3 rings (SSSR count). The smallest absolute Gasteiger partial charge is 0.194 e. The van der Waals surface area contributed by atoms with E-state index in [0.717, 1.165) is 49.4 Å². The van der Waals surface area contributed by atoms with Gasteiger partial charge in [0.15, 0.2) is 5.96 Å². The Morgan fingerprint density at radius 2 is 2.17 bits per heavy atom. The van der Waals surface area contributed by atoms with Crippen molar-refractivity contribution in [3.8, 4) is 0 Å². The molecule has 0 aromatic heterocycles. The van der Waals surface area contributed by atoms with Gasteiger partial charge in [-0.05, 0) is 57.4 Å². The van der Waals surface area contributed by atoms with Crippen LogP contribution in [-0.4, -0.2) is 83.8 Å². The zero-order valence-corrected chi connectivity index (χ0v) is 15.3. The van der Waals surface area contributed by atoms with E-state index in [1.165, 1.54) is 38.9 Å². The Morgan fingerprint density at radius 3 is 2.87 bits per heavy atom. The molecule has 132 valence electrons. The zero-order valence-electron chi connectivity index (χ0n) is 14.5. The molecule has 3 aliphatic rings. The van der Waals surface area contributed by atoms with Crippen molar-refractivity contribution in [2.24, 2.45) is 10.9 Å². The van der Waals surface area contributed by atoms with Gasteiger partial charge in [-0.1, -0.05) is 0 Å². The first kappa shape index (κ1) is 17.4. The molecule has 3 heterocycles. The molecular formula is C17H32N4OS. The van der Waals surface area contributed by atoms with Gasteiger partial charge in [0.1, 0.15) is 0 Å². The molecule has 2 atom stereocenters. The number of aliphatic hydroxyl groups is 1. The fourth-order valence-corrected chi connectivity index (χ4v) is 5.16. The molecule has 0 spiro atoms. The van der Waals surface area contributed by atoms with Gasteiger partial charge in [-0.25, -0.2) is 0 Å². The van der Waals surface area contributed by atoms with Crippen molar-refractivity contribution in [3.05, 3.63) is 0 Å². The number of guanidine groups is 1. The summed E-state index contributed by atoms with van der Waals surface area (Å²) in [7, 11) is 0. The zero-order chi connectivity index (χ0) is 16.1. The molecular weight excluding hydrogens is 308 g/mol. The highest BCUT2D eigenvalue weighted by Crippen LogP contribution is 2.28. The minimum absolute atomic E-state index is 0.537. The molecule has 3 fully saturated rings. The number of aliphatic imine (C=N–C) groups is 1. The standard InChI is InChI=1S/C17H32N4OS/c1-2-18-16(19-13-17(22)6-10-23-14-17)21-9-5-15(12-21)11-20-7-3-4-8-20/h15,22H,2-14H2,1H3,(H,18,19). The lowest BCUT2D eigenvalue weighted by molar-refractivity contribution is 0.0776. The van der Waals surface area contributed by atoms with E-state index in [1.54, 1.807) is 0 Å². The molecule has 23 heavy (non-hydrogen) atoms. The summed E-state index contributed by atoms with van der Waals surface area (Å²) >= 11 is 1.84. The van der Waals surface area contributed by atoms with Crippen LogP contribution in [0.25, 0.3) is 0 Å². The summed E-state index contributed by atoms with van der Waals surface area (Å²) in [5.74, 6) is 3.65. The number of hydrogen-bond donors (Lipinski definition) is 2. The van der Waals surface area contributed by atoms with E-state index >= 15 is 0 Å². The van der Waals surface area contributed by atoms with Gasteiger partial charge in [-0.3, -0.25) is 4.99 Å². The number of nitrogens with zero attached hydrogens (tertiary/aromatic N) is 3. The SMILES string of the molecule is CCNC(=NCC1(O)CCSC1)N1CCC(CN2CCCC2)C1. The van der Waals surface area contributed by atoms with Crippen LogP contribution in [0.5, 0.6) is 0 Å². The quantitative estimate of drug-likeness (QED) is 0.582. The summed E-state index contributed by atoms with van der Waals surface area (Å²) < 4.78 is 0. The predicted molar refractivity (Wildman–Crippen MR) is 98.2 cm³/mol. The lowest BCUT2D eigenvalue weighted by Crippen LogP contribution is -2.42. The lowest BCUT2D eigenvalue weighted by atomic mass is 10.1. The highest BCUT2D eigenvalue weighted by atomic mass is 32.2. The number of thioether (sulfide) groups is 1. The van der Waals surface area contributed by atoms with Crippen LogP contribution in [0, 0.1) is 5.92 Å². The first-order valence-corrected chi connectivity index (χ1v) is 10.4. The van der Waals surface area contributed by atoms with Gasteiger partial charge >= 0.3 is 0 Å². The molecule has 0 aromatic carbocycles. The molecule has 3 saturated heterocycles. The van der Waals surface area contributed by atoms with Gasteiger partial charge in [0, 0.05) is 31.9 Å². The molecule has 0 aromatic rings. The molecule has 0 amide bonds. The highest BCUT2D eigenvalue weighted by Gasteiger charge is 2.32. The Labute approximate surface area is 144 Å². The van der Waals surface area contributed by atoms with Gasteiger partial charge in [-0.15, -0.1) is 0 Å². The average molecular weight is 341 g/mol. The summed E-state index contributed by atoms with van der Waals surface area (Å²) in [5, 5.41) is 13.9. The second kappa shape index (κ2) is 8.08. The minimum atomic E-state index is -0.583. The molecule has 0 radical (unpaired) electrons. The number of likely N-dealkylation sites (tertiary alicyclic amines) is 2. The molecule has 0 saturated carbocycles. The van der Waals surface area contributed by atoms with Crippen molar-refractivity contribution in [2.45, 2.75) is 38.2 Å². The Morgan fingerprint density at radius 1 is 1.35 bits per heavy atom. The van der Waals surface area contributed by atoms with Crippen LogP contribution in [0.2, 0.25) is 0 Å². The number of nitrogens with one attached hydrogen (secondary N) is 1. The van der Waals surface area contributed by atoms with Crippen LogP contribution < -0.4 is 5.32 Å².